The van der Waals surface area contributed by atoms with Crippen molar-refractivity contribution in [3.05, 3.63) is 108 Å². The standard InChI is InChI=1S/C40H35F3N4O8/c1-51-27-10-3-23(4-11-27)21-53-40(50)46(26-8-9-26)22-54-37-20-33-29(19-36(37)52-2)35(15-16-44-33)55-28-12-14-34(32(43)18-28)47(38(48)24-5-6-24)39(49)45-25-7-13-30(41)31(42)17-25/h3-4,7,10-20,24,26H,5-6,8-9,21-22H2,1-2H3,(H,45,49). The molecule has 0 radical (unpaired) electrons. The summed E-state index contributed by atoms with van der Waals surface area (Å²) in [5.74, 6) is -2.72. The minimum atomic E-state index is -1.20. The molecule has 0 aliphatic heterocycles. The van der Waals surface area contributed by atoms with Crippen LogP contribution in [0.2, 0.25) is 0 Å². The highest BCUT2D eigenvalue weighted by atomic mass is 19.2. The molecule has 5 aromatic rings. The molecule has 1 aromatic heterocycles. The number of urea groups is 1. The first kappa shape index (κ1) is 36.8. The van der Waals surface area contributed by atoms with E-state index in [0.717, 1.165) is 42.7 Å². The summed E-state index contributed by atoms with van der Waals surface area (Å²) in [6.45, 7) is -0.0223. The number of aromatic nitrogens is 1. The first-order valence-corrected chi connectivity index (χ1v) is 17.3. The van der Waals surface area contributed by atoms with Gasteiger partial charge in [-0.05, 0) is 79.8 Å². The number of hydrogen-bond donors (Lipinski definition) is 1. The first-order valence-electron chi connectivity index (χ1n) is 17.3. The van der Waals surface area contributed by atoms with Gasteiger partial charge in [0.05, 0.1) is 25.4 Å². The van der Waals surface area contributed by atoms with Gasteiger partial charge in [-0.2, -0.15) is 0 Å². The number of nitrogens with one attached hydrogen (secondary N) is 1. The molecule has 0 unspecified atom stereocenters. The summed E-state index contributed by atoms with van der Waals surface area (Å²) in [6, 6.07) is 17.3. The largest absolute Gasteiger partial charge is 0.497 e. The third kappa shape index (κ3) is 8.51. The van der Waals surface area contributed by atoms with Crippen LogP contribution in [0.15, 0.2) is 85.1 Å². The second-order valence-corrected chi connectivity index (χ2v) is 12.9. The molecule has 284 valence electrons. The van der Waals surface area contributed by atoms with Gasteiger partial charge >= 0.3 is 12.1 Å². The van der Waals surface area contributed by atoms with Crippen LogP contribution < -0.4 is 29.2 Å². The molecule has 0 spiro atoms. The summed E-state index contributed by atoms with van der Waals surface area (Å²) in [5.41, 5.74) is 0.785. The lowest BCUT2D eigenvalue weighted by molar-refractivity contribution is -0.119. The van der Waals surface area contributed by atoms with E-state index >= 15 is 4.39 Å². The number of amides is 4. The van der Waals surface area contributed by atoms with Gasteiger partial charge in [-0.15, -0.1) is 0 Å². The van der Waals surface area contributed by atoms with Crippen molar-refractivity contribution in [1.82, 2.24) is 9.88 Å². The van der Waals surface area contributed by atoms with E-state index in [9.17, 15) is 23.2 Å². The Bertz CT molecular complexity index is 2250. The fraction of sp³-hybridized carbons (Fsp3) is 0.250. The number of carbonyl (C=O) groups excluding carboxylic acids is 3. The average molecular weight is 757 g/mol. The Balaban J connectivity index is 1.06. The Kier molecular flexibility index (Phi) is 10.6. The number of pyridine rings is 1. The molecule has 0 atom stereocenters. The Labute approximate surface area is 313 Å². The maximum atomic E-state index is 15.7. The topological polar surface area (TPSA) is 129 Å². The minimum Gasteiger partial charge on any atom is -0.497 e. The number of methoxy groups -OCH3 is 2. The van der Waals surface area contributed by atoms with Crippen LogP contribution in [0.25, 0.3) is 10.9 Å². The maximum absolute atomic E-state index is 15.7. The van der Waals surface area contributed by atoms with Gasteiger partial charge < -0.3 is 29.0 Å². The number of ether oxygens (including phenoxy) is 5. The quantitative estimate of drug-likeness (QED) is 0.118. The van der Waals surface area contributed by atoms with Crippen LogP contribution in [0.3, 0.4) is 0 Å². The van der Waals surface area contributed by atoms with Crippen molar-refractivity contribution < 1.29 is 51.2 Å². The normalized spacial score (nSPS) is 13.5. The molecule has 0 bridgehead atoms. The highest BCUT2D eigenvalue weighted by Crippen LogP contribution is 2.39. The number of halogens is 3. The lowest BCUT2D eigenvalue weighted by atomic mass is 10.1. The van der Waals surface area contributed by atoms with Gasteiger partial charge in [0.25, 0.3) is 0 Å². The maximum Gasteiger partial charge on any atom is 0.413 e. The molecule has 2 aliphatic rings. The summed E-state index contributed by atoms with van der Waals surface area (Å²) < 4.78 is 71.4. The zero-order chi connectivity index (χ0) is 38.6. The predicted molar refractivity (Wildman–Crippen MR) is 194 cm³/mol. The van der Waals surface area contributed by atoms with E-state index in [2.05, 4.69) is 10.3 Å². The second-order valence-electron chi connectivity index (χ2n) is 12.9. The van der Waals surface area contributed by atoms with E-state index in [-0.39, 0.29) is 42.3 Å². The number of imide groups is 1. The van der Waals surface area contributed by atoms with Gasteiger partial charge in [-0.1, -0.05) is 12.1 Å². The van der Waals surface area contributed by atoms with Crippen molar-refractivity contribution in [3.8, 4) is 28.7 Å². The van der Waals surface area contributed by atoms with Crippen LogP contribution >= 0.6 is 0 Å². The molecule has 1 heterocycles. The van der Waals surface area contributed by atoms with Crippen molar-refractivity contribution in [2.75, 3.05) is 31.2 Å². The average Bonchev–Trinajstić information content (AvgIpc) is 4.12. The zero-order valence-corrected chi connectivity index (χ0v) is 29.7. The molecule has 55 heavy (non-hydrogen) atoms. The van der Waals surface area contributed by atoms with Crippen LogP contribution in [0.4, 0.5) is 34.1 Å². The summed E-state index contributed by atoms with van der Waals surface area (Å²) >= 11 is 0. The lowest BCUT2D eigenvalue weighted by Crippen LogP contribution is -2.41. The summed E-state index contributed by atoms with van der Waals surface area (Å²) in [6.07, 6.45) is 3.66. The van der Waals surface area contributed by atoms with Gasteiger partial charge in [0.1, 0.15) is 23.9 Å². The molecule has 7 rings (SSSR count). The van der Waals surface area contributed by atoms with E-state index < -0.39 is 41.4 Å². The molecule has 2 aliphatic carbocycles. The van der Waals surface area contributed by atoms with E-state index in [1.54, 1.807) is 37.4 Å². The van der Waals surface area contributed by atoms with Crippen LogP contribution in [-0.2, 0) is 16.1 Å². The van der Waals surface area contributed by atoms with E-state index in [1.165, 1.54) is 30.3 Å². The number of benzene rings is 4. The summed E-state index contributed by atoms with van der Waals surface area (Å²) in [5, 5.41) is 2.83. The Morgan fingerprint density at radius 3 is 2.22 bits per heavy atom. The number of rotatable bonds is 13. The Hall–Kier alpha value is -6.51. The van der Waals surface area contributed by atoms with Crippen molar-refractivity contribution in [1.29, 1.82) is 0 Å². The third-order valence-corrected chi connectivity index (χ3v) is 9.00. The van der Waals surface area contributed by atoms with E-state index in [0.29, 0.717) is 45.9 Å². The van der Waals surface area contributed by atoms with Crippen molar-refractivity contribution in [2.24, 2.45) is 5.92 Å². The molecule has 2 saturated carbocycles. The van der Waals surface area contributed by atoms with Crippen LogP contribution in [0.5, 0.6) is 28.7 Å². The molecule has 4 aromatic carbocycles. The second kappa shape index (κ2) is 15.8. The van der Waals surface area contributed by atoms with Crippen LogP contribution in [0, 0.1) is 23.4 Å². The van der Waals surface area contributed by atoms with Gasteiger partial charge in [0.15, 0.2) is 35.7 Å². The van der Waals surface area contributed by atoms with Crippen LogP contribution in [-0.4, -0.2) is 54.9 Å². The molecule has 0 saturated heterocycles. The van der Waals surface area contributed by atoms with Crippen molar-refractivity contribution >= 4 is 40.3 Å². The third-order valence-electron chi connectivity index (χ3n) is 9.00. The molecular weight excluding hydrogens is 721 g/mol. The Morgan fingerprint density at radius 1 is 0.782 bits per heavy atom. The molecular formula is C40H35F3N4O8. The van der Waals surface area contributed by atoms with Gasteiger partial charge in [0.2, 0.25) is 5.91 Å². The molecule has 15 heteroatoms. The molecule has 4 amide bonds. The number of nitrogens with zero attached hydrogens (tertiary/aromatic N) is 3. The predicted octanol–water partition coefficient (Wildman–Crippen LogP) is 8.57. The summed E-state index contributed by atoms with van der Waals surface area (Å²) in [7, 11) is 3.03. The molecule has 1 N–H and O–H groups in total. The SMILES string of the molecule is COc1ccc(COC(=O)N(COc2cc3nccc(Oc4ccc(N(C(=O)Nc5ccc(F)c(F)c5)C(=O)C5CC5)c(F)c4)c3cc2OC)C2CC2)cc1. The Morgan fingerprint density at radius 2 is 1.55 bits per heavy atom. The fourth-order valence-electron chi connectivity index (χ4n) is 5.73. The van der Waals surface area contributed by atoms with E-state index in [1.807, 2.05) is 12.1 Å². The van der Waals surface area contributed by atoms with Crippen molar-refractivity contribution in [3.63, 3.8) is 0 Å². The van der Waals surface area contributed by atoms with Gasteiger partial charge in [0, 0.05) is 47.4 Å². The molecule has 12 nitrogen and oxygen atoms in total. The highest BCUT2D eigenvalue weighted by molar-refractivity contribution is 6.19. The fourth-order valence-corrected chi connectivity index (χ4v) is 5.73. The van der Waals surface area contributed by atoms with Crippen LogP contribution in [0.1, 0.15) is 31.2 Å². The van der Waals surface area contributed by atoms with E-state index in [4.69, 9.17) is 23.7 Å². The summed E-state index contributed by atoms with van der Waals surface area (Å²) in [4.78, 5) is 46.0. The zero-order valence-electron chi connectivity index (χ0n) is 29.7. The number of carbonyl (C=O) groups is 3. The number of anilines is 2. The number of hydrogen-bond acceptors (Lipinski definition) is 9. The molecule has 2 fully saturated rings. The monoisotopic (exact) mass is 756 g/mol. The smallest absolute Gasteiger partial charge is 0.413 e. The van der Waals surface area contributed by atoms with Crippen molar-refractivity contribution in [2.45, 2.75) is 38.3 Å². The van der Waals surface area contributed by atoms with Gasteiger partial charge in [-0.3, -0.25) is 14.7 Å². The minimum absolute atomic E-state index is 0.0209. The first-order chi connectivity index (χ1) is 26.6. The highest BCUT2D eigenvalue weighted by Gasteiger charge is 2.38. The lowest BCUT2D eigenvalue weighted by Gasteiger charge is -2.23. The van der Waals surface area contributed by atoms with Gasteiger partial charge in [-0.25, -0.2) is 27.7 Å². The number of fused-ring (bicyclic) bond motifs is 1.